The monoisotopic (exact) mass is 251 g/mol. The van der Waals surface area contributed by atoms with Crippen LogP contribution in [0.1, 0.15) is 32.1 Å². The van der Waals surface area contributed by atoms with E-state index in [1.807, 2.05) is 0 Å². The van der Waals surface area contributed by atoms with Gasteiger partial charge in [0, 0.05) is 22.6 Å². The highest BCUT2D eigenvalue weighted by atomic mass is 32.2. The Morgan fingerprint density at radius 3 is 1.88 bits per heavy atom. The summed E-state index contributed by atoms with van der Waals surface area (Å²) in [6, 6.07) is 1.77. The lowest BCUT2D eigenvalue weighted by atomic mass is 10.0. The Kier molecular flexibility index (Phi) is 2.52. The summed E-state index contributed by atoms with van der Waals surface area (Å²) >= 11 is 3.19. The van der Waals surface area contributed by atoms with E-state index in [0.717, 1.165) is 22.9 Å². The van der Waals surface area contributed by atoms with E-state index >= 15 is 0 Å². The van der Waals surface area contributed by atoms with Crippen molar-refractivity contribution in [2.24, 2.45) is 0 Å². The molecule has 2 aliphatic rings. The number of fused-ring (bicyclic) bond motifs is 2. The number of carbonyl (C=O) groups excluding carboxylic acids is 2. The lowest BCUT2D eigenvalue weighted by Gasteiger charge is -2.19. The second-order valence-electron chi connectivity index (χ2n) is 3.81. The Labute approximate surface area is 101 Å². The van der Waals surface area contributed by atoms with Crippen molar-refractivity contribution in [3.05, 3.63) is 28.6 Å². The quantitative estimate of drug-likeness (QED) is 0.705. The molecule has 3 heterocycles. The van der Waals surface area contributed by atoms with E-state index in [4.69, 9.17) is 0 Å². The van der Waals surface area contributed by atoms with Crippen molar-refractivity contribution in [1.82, 2.24) is 4.98 Å². The molecule has 0 fully saturated rings. The number of rotatable bonds is 0. The number of nitrogens with zero attached hydrogens (tertiary/aromatic N) is 1. The van der Waals surface area contributed by atoms with Gasteiger partial charge in [0.1, 0.15) is 0 Å². The van der Waals surface area contributed by atoms with Crippen LogP contribution in [0.5, 0.6) is 0 Å². The minimum Gasteiger partial charge on any atom is -0.293 e. The van der Waals surface area contributed by atoms with Crippen LogP contribution < -0.4 is 0 Å². The van der Waals surface area contributed by atoms with E-state index in [1.165, 1.54) is 0 Å². The fourth-order valence-corrected chi connectivity index (χ4v) is 3.65. The predicted molar refractivity (Wildman–Crippen MR) is 65.2 cm³/mol. The van der Waals surface area contributed by atoms with Crippen LogP contribution in [0.15, 0.2) is 6.07 Å². The SMILES string of the molecule is O=C1CSCc2nc3c(cc21)C(=O)CSC3. The fourth-order valence-electron chi connectivity index (χ4n) is 1.93. The molecule has 0 radical (unpaired) electrons. The van der Waals surface area contributed by atoms with Crippen LogP contribution in [0.4, 0.5) is 0 Å². The molecule has 0 aromatic carbocycles. The third-order valence-electron chi connectivity index (χ3n) is 2.73. The van der Waals surface area contributed by atoms with E-state index in [2.05, 4.69) is 4.98 Å². The largest absolute Gasteiger partial charge is 0.293 e. The lowest BCUT2D eigenvalue weighted by Crippen LogP contribution is -2.20. The highest BCUT2D eigenvalue weighted by molar-refractivity contribution is 7.99. The van der Waals surface area contributed by atoms with Crippen molar-refractivity contribution >= 4 is 35.1 Å². The number of pyridine rings is 1. The maximum atomic E-state index is 11.7. The number of thioether (sulfide) groups is 2. The molecule has 82 valence electrons. The summed E-state index contributed by atoms with van der Waals surface area (Å²) in [7, 11) is 0. The average molecular weight is 251 g/mol. The first-order valence-corrected chi connectivity index (χ1v) is 7.31. The van der Waals surface area contributed by atoms with E-state index in [0.29, 0.717) is 22.6 Å². The second kappa shape index (κ2) is 3.89. The summed E-state index contributed by atoms with van der Waals surface area (Å²) in [6.07, 6.45) is 0. The molecule has 0 saturated heterocycles. The topological polar surface area (TPSA) is 47.0 Å². The molecule has 3 nitrogen and oxygen atoms in total. The summed E-state index contributed by atoms with van der Waals surface area (Å²) in [5.74, 6) is 2.80. The molecule has 0 aliphatic carbocycles. The molecule has 16 heavy (non-hydrogen) atoms. The highest BCUT2D eigenvalue weighted by Gasteiger charge is 2.25. The third-order valence-corrected chi connectivity index (χ3v) is 4.61. The van der Waals surface area contributed by atoms with Crippen LogP contribution in [0.3, 0.4) is 0 Å². The molecular weight excluding hydrogens is 242 g/mol. The Hall–Kier alpha value is -0.810. The van der Waals surface area contributed by atoms with E-state index in [1.54, 1.807) is 29.6 Å². The van der Waals surface area contributed by atoms with Gasteiger partial charge in [-0.05, 0) is 6.07 Å². The van der Waals surface area contributed by atoms with Gasteiger partial charge in [-0.3, -0.25) is 14.6 Å². The van der Waals surface area contributed by atoms with Crippen molar-refractivity contribution in [3.63, 3.8) is 0 Å². The van der Waals surface area contributed by atoms with Crippen LogP contribution in [-0.2, 0) is 11.5 Å². The van der Waals surface area contributed by atoms with Crippen molar-refractivity contribution in [2.75, 3.05) is 11.5 Å². The molecule has 1 aromatic heterocycles. The summed E-state index contributed by atoms with van der Waals surface area (Å²) in [6.45, 7) is 0. The van der Waals surface area contributed by atoms with Crippen LogP contribution in [0.25, 0.3) is 0 Å². The van der Waals surface area contributed by atoms with Crippen LogP contribution >= 0.6 is 23.5 Å². The van der Waals surface area contributed by atoms with Gasteiger partial charge in [0.15, 0.2) is 11.6 Å². The Balaban J connectivity index is 2.18. The first kappa shape index (κ1) is 10.4. The van der Waals surface area contributed by atoms with Crippen molar-refractivity contribution in [2.45, 2.75) is 11.5 Å². The second-order valence-corrected chi connectivity index (χ2v) is 5.78. The van der Waals surface area contributed by atoms with Gasteiger partial charge in [-0.1, -0.05) is 0 Å². The van der Waals surface area contributed by atoms with Gasteiger partial charge in [-0.15, -0.1) is 23.5 Å². The average Bonchev–Trinajstić information content (AvgIpc) is 2.28. The first-order valence-electron chi connectivity index (χ1n) is 5.00. The van der Waals surface area contributed by atoms with Crippen LogP contribution in [0, 0.1) is 0 Å². The van der Waals surface area contributed by atoms with Gasteiger partial charge >= 0.3 is 0 Å². The van der Waals surface area contributed by atoms with Crippen molar-refractivity contribution < 1.29 is 9.59 Å². The van der Waals surface area contributed by atoms with Gasteiger partial charge < -0.3 is 0 Å². The number of Topliss-reactive ketones (excluding diaryl/α,β-unsaturated/α-hetero) is 2. The van der Waals surface area contributed by atoms with Gasteiger partial charge in [0.05, 0.1) is 22.9 Å². The minimum absolute atomic E-state index is 0.104. The summed E-state index contributed by atoms with van der Waals surface area (Å²) < 4.78 is 0. The number of aromatic nitrogens is 1. The zero-order valence-electron chi connectivity index (χ0n) is 8.49. The Morgan fingerprint density at radius 2 is 1.38 bits per heavy atom. The summed E-state index contributed by atoms with van der Waals surface area (Å²) in [5.41, 5.74) is 3.04. The van der Waals surface area contributed by atoms with Gasteiger partial charge in [0.25, 0.3) is 0 Å². The molecule has 0 saturated carbocycles. The molecule has 3 rings (SSSR count). The number of carbonyl (C=O) groups is 2. The molecule has 0 spiro atoms. The van der Waals surface area contributed by atoms with Gasteiger partial charge in [0.2, 0.25) is 0 Å². The standard InChI is InChI=1S/C11H9NO2S2/c13-10-4-15-2-8-6(10)1-7-9(12-8)3-16-5-11(7)14/h1H,2-5H2. The molecule has 2 aliphatic heterocycles. The minimum atomic E-state index is 0.104. The number of hydrogen-bond acceptors (Lipinski definition) is 5. The van der Waals surface area contributed by atoms with E-state index in [9.17, 15) is 9.59 Å². The third kappa shape index (κ3) is 1.58. The van der Waals surface area contributed by atoms with E-state index in [-0.39, 0.29) is 11.6 Å². The summed E-state index contributed by atoms with van der Waals surface area (Å²) in [4.78, 5) is 27.9. The molecular formula is C11H9NO2S2. The molecule has 0 unspecified atom stereocenters. The smallest absolute Gasteiger partial charge is 0.174 e. The molecule has 1 aromatic rings. The Morgan fingerprint density at radius 1 is 0.875 bits per heavy atom. The zero-order valence-corrected chi connectivity index (χ0v) is 10.1. The van der Waals surface area contributed by atoms with Crippen molar-refractivity contribution in [3.8, 4) is 0 Å². The zero-order chi connectivity index (χ0) is 11.1. The van der Waals surface area contributed by atoms with Crippen LogP contribution in [-0.4, -0.2) is 28.1 Å². The van der Waals surface area contributed by atoms with Crippen molar-refractivity contribution in [1.29, 1.82) is 0 Å². The molecule has 0 amide bonds. The maximum absolute atomic E-state index is 11.7. The fraction of sp³-hybridized carbons (Fsp3) is 0.364. The maximum Gasteiger partial charge on any atom is 0.174 e. The molecule has 5 heteroatoms. The summed E-state index contributed by atoms with van der Waals surface area (Å²) in [5, 5.41) is 0. The van der Waals surface area contributed by atoms with Gasteiger partial charge in [-0.25, -0.2) is 0 Å². The highest BCUT2D eigenvalue weighted by Crippen LogP contribution is 2.29. The first-order chi connectivity index (χ1) is 7.75. The number of ketones is 2. The Bertz CT molecular complexity index is 458. The molecule has 0 N–H and O–H groups in total. The normalized spacial score (nSPS) is 19.2. The molecule has 0 atom stereocenters. The predicted octanol–water partition coefficient (Wildman–Crippen LogP) is 1.94. The van der Waals surface area contributed by atoms with E-state index < -0.39 is 0 Å². The van der Waals surface area contributed by atoms with Gasteiger partial charge in [-0.2, -0.15) is 0 Å². The van der Waals surface area contributed by atoms with Crippen LogP contribution in [0.2, 0.25) is 0 Å². The lowest BCUT2D eigenvalue weighted by molar-refractivity contribution is 0.101. The number of hydrogen-bond donors (Lipinski definition) is 0. The molecule has 0 bridgehead atoms.